The van der Waals surface area contributed by atoms with Crippen molar-refractivity contribution in [3.05, 3.63) is 30.6 Å². The fraction of sp³-hybridized carbons (Fsp3) is 0.182. The molecule has 0 aliphatic carbocycles. The summed E-state index contributed by atoms with van der Waals surface area (Å²) < 4.78 is 41.5. The van der Waals surface area contributed by atoms with Gasteiger partial charge in [0.2, 0.25) is 0 Å². The summed E-state index contributed by atoms with van der Waals surface area (Å²) in [7, 11) is 1.74. The number of nitrogens with zero attached hydrogens (tertiary/aromatic N) is 2. The number of hydrogen-bond donors (Lipinski definition) is 1. The van der Waals surface area contributed by atoms with Crippen LogP contribution in [0.5, 0.6) is 5.75 Å². The predicted octanol–water partition coefficient (Wildman–Crippen LogP) is 2.57. The van der Waals surface area contributed by atoms with Gasteiger partial charge in [0.05, 0.1) is 11.9 Å². The minimum atomic E-state index is -4.75. The van der Waals surface area contributed by atoms with E-state index in [2.05, 4.69) is 9.84 Å². The smallest absolute Gasteiger partial charge is 0.404 e. The molecule has 0 saturated heterocycles. The van der Waals surface area contributed by atoms with Gasteiger partial charge in [-0.1, -0.05) is 6.07 Å². The minimum Gasteiger partial charge on any atom is -0.404 e. The van der Waals surface area contributed by atoms with Crippen LogP contribution in [-0.2, 0) is 7.05 Å². The molecule has 0 saturated carbocycles. The zero-order valence-corrected chi connectivity index (χ0v) is 9.40. The van der Waals surface area contributed by atoms with Crippen molar-refractivity contribution in [3.63, 3.8) is 0 Å². The van der Waals surface area contributed by atoms with Gasteiger partial charge >= 0.3 is 6.36 Å². The number of hydrogen-bond acceptors (Lipinski definition) is 3. The van der Waals surface area contributed by atoms with Crippen LogP contribution in [0.1, 0.15) is 0 Å². The second-order valence-electron chi connectivity index (χ2n) is 3.70. The lowest BCUT2D eigenvalue weighted by Crippen LogP contribution is -2.17. The van der Waals surface area contributed by atoms with Crippen molar-refractivity contribution in [1.29, 1.82) is 0 Å². The molecule has 0 atom stereocenters. The lowest BCUT2D eigenvalue weighted by Gasteiger charge is -2.11. The van der Waals surface area contributed by atoms with Crippen LogP contribution in [0.3, 0.4) is 0 Å². The highest BCUT2D eigenvalue weighted by atomic mass is 19.4. The predicted molar refractivity (Wildman–Crippen MR) is 59.7 cm³/mol. The van der Waals surface area contributed by atoms with Gasteiger partial charge in [-0.3, -0.25) is 4.68 Å². The second kappa shape index (κ2) is 4.25. The van der Waals surface area contributed by atoms with Gasteiger partial charge in [0.15, 0.2) is 5.75 Å². The Balaban J connectivity index is 2.30. The molecule has 0 fully saturated rings. The maximum Gasteiger partial charge on any atom is 0.573 e. The van der Waals surface area contributed by atoms with Crippen molar-refractivity contribution in [2.24, 2.45) is 7.05 Å². The lowest BCUT2D eigenvalue weighted by molar-refractivity contribution is -0.274. The third kappa shape index (κ3) is 2.73. The Morgan fingerprint density at radius 2 is 2.00 bits per heavy atom. The van der Waals surface area contributed by atoms with E-state index in [-0.39, 0.29) is 5.69 Å². The molecular formula is C11H10F3N3O. The first kappa shape index (κ1) is 12.3. The maximum absolute atomic E-state index is 12.1. The average molecular weight is 257 g/mol. The average Bonchev–Trinajstić information content (AvgIpc) is 2.66. The number of halogens is 3. The third-order valence-corrected chi connectivity index (χ3v) is 2.27. The quantitative estimate of drug-likeness (QED) is 0.841. The number of aromatic nitrogens is 2. The first-order valence-corrected chi connectivity index (χ1v) is 4.99. The summed E-state index contributed by atoms with van der Waals surface area (Å²) in [6.07, 6.45) is -1.41. The molecule has 1 aromatic carbocycles. The molecular weight excluding hydrogens is 247 g/mol. The van der Waals surface area contributed by atoms with E-state index in [0.29, 0.717) is 5.56 Å². The summed E-state index contributed by atoms with van der Waals surface area (Å²) in [6.45, 7) is 0. The van der Waals surface area contributed by atoms with Crippen molar-refractivity contribution < 1.29 is 17.9 Å². The monoisotopic (exact) mass is 257 g/mol. The molecule has 0 unspecified atom stereocenters. The number of anilines is 1. The minimum absolute atomic E-state index is 0.0753. The van der Waals surface area contributed by atoms with Crippen molar-refractivity contribution in [2.45, 2.75) is 6.36 Å². The largest absolute Gasteiger partial charge is 0.573 e. The number of aryl methyl sites for hydroxylation is 1. The molecule has 2 aromatic rings. The Bertz CT molecular complexity index is 563. The number of ether oxygens (including phenoxy) is 1. The molecule has 2 N–H and O–H groups in total. The number of nitrogens with two attached hydrogens (primary N) is 1. The normalized spacial score (nSPS) is 11.6. The van der Waals surface area contributed by atoms with Crippen molar-refractivity contribution in [3.8, 4) is 16.9 Å². The lowest BCUT2D eigenvalue weighted by atomic mass is 10.1. The van der Waals surface area contributed by atoms with Gasteiger partial charge in [0.1, 0.15) is 0 Å². The van der Waals surface area contributed by atoms with E-state index in [4.69, 9.17) is 5.73 Å². The Kier molecular flexibility index (Phi) is 2.90. The van der Waals surface area contributed by atoms with Gasteiger partial charge in [0, 0.05) is 18.8 Å². The Labute approximate surface area is 101 Å². The Hall–Kier alpha value is -2.18. The van der Waals surface area contributed by atoms with E-state index < -0.39 is 12.1 Å². The number of rotatable bonds is 2. The van der Waals surface area contributed by atoms with Gasteiger partial charge in [-0.15, -0.1) is 13.2 Å². The molecule has 0 spiro atoms. The van der Waals surface area contributed by atoms with Crippen LogP contribution >= 0.6 is 0 Å². The van der Waals surface area contributed by atoms with E-state index >= 15 is 0 Å². The molecule has 1 heterocycles. The summed E-state index contributed by atoms with van der Waals surface area (Å²) in [5, 5.41) is 3.97. The van der Waals surface area contributed by atoms with E-state index in [1.165, 1.54) is 18.2 Å². The number of alkyl halides is 3. The molecule has 0 aliphatic heterocycles. The number of nitrogen functional groups attached to an aromatic ring is 1. The van der Waals surface area contributed by atoms with Crippen LogP contribution in [0, 0.1) is 0 Å². The molecule has 0 amide bonds. The summed E-state index contributed by atoms with van der Waals surface area (Å²) in [6, 6.07) is 4.09. The highest BCUT2D eigenvalue weighted by molar-refractivity contribution is 5.69. The summed E-state index contributed by atoms with van der Waals surface area (Å²) >= 11 is 0. The Morgan fingerprint density at radius 1 is 1.28 bits per heavy atom. The molecule has 0 radical (unpaired) electrons. The zero-order chi connectivity index (χ0) is 13.3. The van der Waals surface area contributed by atoms with E-state index in [0.717, 1.165) is 5.56 Å². The third-order valence-electron chi connectivity index (χ3n) is 2.27. The molecule has 7 heteroatoms. The van der Waals surface area contributed by atoms with Gasteiger partial charge in [-0.05, 0) is 17.7 Å². The molecule has 2 rings (SSSR count). The van der Waals surface area contributed by atoms with E-state index in [1.54, 1.807) is 24.1 Å². The highest BCUT2D eigenvalue weighted by Crippen LogP contribution is 2.31. The summed E-state index contributed by atoms with van der Waals surface area (Å²) in [4.78, 5) is 0. The molecule has 1 aromatic heterocycles. The van der Waals surface area contributed by atoms with E-state index in [9.17, 15) is 13.2 Å². The van der Waals surface area contributed by atoms with Crippen LogP contribution in [0.15, 0.2) is 30.6 Å². The van der Waals surface area contributed by atoms with Crippen molar-refractivity contribution >= 4 is 5.69 Å². The van der Waals surface area contributed by atoms with Gasteiger partial charge in [0.25, 0.3) is 0 Å². The van der Waals surface area contributed by atoms with Gasteiger partial charge in [-0.2, -0.15) is 5.10 Å². The van der Waals surface area contributed by atoms with Crippen molar-refractivity contribution in [1.82, 2.24) is 9.78 Å². The summed E-state index contributed by atoms with van der Waals surface area (Å²) in [5.41, 5.74) is 6.89. The van der Waals surface area contributed by atoms with Crippen LogP contribution < -0.4 is 10.5 Å². The van der Waals surface area contributed by atoms with Crippen LogP contribution in [0.4, 0.5) is 18.9 Å². The van der Waals surface area contributed by atoms with Crippen molar-refractivity contribution in [2.75, 3.05) is 5.73 Å². The zero-order valence-electron chi connectivity index (χ0n) is 9.40. The standard InChI is InChI=1S/C11H10F3N3O/c1-17-6-8(5-16-17)7-2-3-10(9(15)4-7)18-11(12,13)14/h2-6H,15H2,1H3. The van der Waals surface area contributed by atoms with E-state index in [1.807, 2.05) is 0 Å². The Morgan fingerprint density at radius 3 is 2.50 bits per heavy atom. The second-order valence-corrected chi connectivity index (χ2v) is 3.70. The van der Waals surface area contributed by atoms with Gasteiger partial charge in [-0.25, -0.2) is 0 Å². The summed E-state index contributed by atoms with van der Waals surface area (Å²) in [5.74, 6) is -0.407. The molecule has 0 bridgehead atoms. The first-order valence-electron chi connectivity index (χ1n) is 4.99. The van der Waals surface area contributed by atoms with Gasteiger partial charge < -0.3 is 10.5 Å². The molecule has 18 heavy (non-hydrogen) atoms. The molecule has 0 aliphatic rings. The van der Waals surface area contributed by atoms with Crippen LogP contribution in [0.2, 0.25) is 0 Å². The maximum atomic E-state index is 12.1. The number of benzene rings is 1. The topological polar surface area (TPSA) is 53.1 Å². The van der Waals surface area contributed by atoms with Crippen LogP contribution in [-0.4, -0.2) is 16.1 Å². The molecule has 96 valence electrons. The highest BCUT2D eigenvalue weighted by Gasteiger charge is 2.31. The first-order chi connectivity index (χ1) is 8.35. The SMILES string of the molecule is Cn1cc(-c2ccc(OC(F)(F)F)c(N)c2)cn1. The fourth-order valence-electron chi connectivity index (χ4n) is 1.52. The fourth-order valence-corrected chi connectivity index (χ4v) is 1.52. The molecule has 4 nitrogen and oxygen atoms in total. The van der Waals surface area contributed by atoms with Crippen LogP contribution in [0.25, 0.3) is 11.1 Å².